The summed E-state index contributed by atoms with van der Waals surface area (Å²) in [5.74, 6) is -1.15. The van der Waals surface area contributed by atoms with E-state index in [1.807, 2.05) is 6.07 Å². The largest absolute Gasteiger partial charge is 0.343 e. The standard InChI is InChI=1S/C17H17BrN2O4S/c1-2-25(23,24)15-10-6-3-7-12(15)17(22)19-11-16(21)20-14-9-5-4-8-13(14)18/h3-10H,2,11H2,1H3,(H,19,22)(H,20,21). The van der Waals surface area contributed by atoms with E-state index in [0.29, 0.717) is 10.2 Å². The average molecular weight is 425 g/mol. The molecule has 2 aromatic carbocycles. The molecule has 2 N–H and O–H groups in total. The van der Waals surface area contributed by atoms with E-state index in [4.69, 9.17) is 0 Å². The van der Waals surface area contributed by atoms with Crippen molar-refractivity contribution in [1.82, 2.24) is 5.32 Å². The van der Waals surface area contributed by atoms with E-state index < -0.39 is 21.7 Å². The number of amides is 2. The Labute approximate surface area is 154 Å². The summed E-state index contributed by atoms with van der Waals surface area (Å²) in [5.41, 5.74) is 0.605. The number of nitrogens with one attached hydrogen (secondary N) is 2. The van der Waals surface area contributed by atoms with Gasteiger partial charge in [-0.1, -0.05) is 31.2 Å². The highest BCUT2D eigenvalue weighted by Gasteiger charge is 2.20. The lowest BCUT2D eigenvalue weighted by atomic mass is 10.2. The Morgan fingerprint density at radius 1 is 1.04 bits per heavy atom. The van der Waals surface area contributed by atoms with Gasteiger partial charge in [-0.3, -0.25) is 9.59 Å². The van der Waals surface area contributed by atoms with Crippen molar-refractivity contribution < 1.29 is 18.0 Å². The van der Waals surface area contributed by atoms with Gasteiger partial charge in [0.05, 0.1) is 28.4 Å². The van der Waals surface area contributed by atoms with Crippen LogP contribution in [0.2, 0.25) is 0 Å². The molecular weight excluding hydrogens is 408 g/mol. The first-order valence-corrected chi connectivity index (χ1v) is 9.94. The second kappa shape index (κ2) is 8.26. The highest BCUT2D eigenvalue weighted by molar-refractivity contribution is 9.10. The highest BCUT2D eigenvalue weighted by atomic mass is 79.9. The van der Waals surface area contributed by atoms with Gasteiger partial charge in [0, 0.05) is 4.47 Å². The van der Waals surface area contributed by atoms with Crippen LogP contribution in [0.4, 0.5) is 5.69 Å². The van der Waals surface area contributed by atoms with Crippen molar-refractivity contribution in [3.8, 4) is 0 Å². The summed E-state index contributed by atoms with van der Waals surface area (Å²) >= 11 is 3.31. The fourth-order valence-corrected chi connectivity index (χ4v) is 3.57. The molecular formula is C17H17BrN2O4S. The first-order valence-electron chi connectivity index (χ1n) is 7.49. The number of anilines is 1. The number of para-hydroxylation sites is 1. The number of rotatable bonds is 6. The molecule has 0 bridgehead atoms. The first kappa shape index (κ1) is 19.1. The second-order valence-corrected chi connectivity index (χ2v) is 8.21. The van der Waals surface area contributed by atoms with E-state index in [1.165, 1.54) is 19.1 Å². The number of carbonyl (C=O) groups is 2. The van der Waals surface area contributed by atoms with Crippen LogP contribution >= 0.6 is 15.9 Å². The fourth-order valence-electron chi connectivity index (χ4n) is 2.09. The van der Waals surface area contributed by atoms with Gasteiger partial charge >= 0.3 is 0 Å². The number of hydrogen-bond acceptors (Lipinski definition) is 4. The summed E-state index contributed by atoms with van der Waals surface area (Å²) < 4.78 is 24.9. The van der Waals surface area contributed by atoms with Crippen LogP contribution in [0, 0.1) is 0 Å². The van der Waals surface area contributed by atoms with Crippen LogP contribution in [0.25, 0.3) is 0 Å². The van der Waals surface area contributed by atoms with Gasteiger partial charge in [-0.15, -0.1) is 0 Å². The van der Waals surface area contributed by atoms with Gasteiger partial charge in [0.1, 0.15) is 0 Å². The van der Waals surface area contributed by atoms with Crippen LogP contribution in [0.5, 0.6) is 0 Å². The van der Waals surface area contributed by atoms with Gasteiger partial charge in [0.15, 0.2) is 9.84 Å². The minimum atomic E-state index is -3.53. The SMILES string of the molecule is CCS(=O)(=O)c1ccccc1C(=O)NCC(=O)Nc1ccccc1Br. The normalized spacial score (nSPS) is 11.0. The maximum Gasteiger partial charge on any atom is 0.253 e. The van der Waals surface area contributed by atoms with E-state index in [2.05, 4.69) is 26.6 Å². The monoisotopic (exact) mass is 424 g/mol. The molecule has 0 aliphatic heterocycles. The van der Waals surface area contributed by atoms with Crippen molar-refractivity contribution in [2.45, 2.75) is 11.8 Å². The van der Waals surface area contributed by atoms with Gasteiger partial charge in [-0.2, -0.15) is 0 Å². The van der Waals surface area contributed by atoms with Gasteiger partial charge in [-0.25, -0.2) is 8.42 Å². The Morgan fingerprint density at radius 3 is 2.36 bits per heavy atom. The molecule has 0 aliphatic rings. The second-order valence-electron chi connectivity index (χ2n) is 5.11. The van der Waals surface area contributed by atoms with Crippen LogP contribution in [0.15, 0.2) is 57.9 Å². The predicted molar refractivity (Wildman–Crippen MR) is 99.3 cm³/mol. The molecule has 0 heterocycles. The third kappa shape index (κ3) is 4.90. The van der Waals surface area contributed by atoms with E-state index in [-0.39, 0.29) is 22.8 Å². The molecule has 2 rings (SSSR count). The highest BCUT2D eigenvalue weighted by Crippen LogP contribution is 2.21. The Bertz CT molecular complexity index is 897. The van der Waals surface area contributed by atoms with Crippen molar-refractivity contribution in [2.75, 3.05) is 17.6 Å². The molecule has 0 saturated carbocycles. The lowest BCUT2D eigenvalue weighted by Crippen LogP contribution is -2.33. The smallest absolute Gasteiger partial charge is 0.253 e. The molecule has 0 fully saturated rings. The molecule has 25 heavy (non-hydrogen) atoms. The van der Waals surface area contributed by atoms with Gasteiger partial charge < -0.3 is 10.6 Å². The van der Waals surface area contributed by atoms with Gasteiger partial charge in [-0.05, 0) is 40.2 Å². The molecule has 0 spiro atoms. The molecule has 0 saturated heterocycles. The minimum absolute atomic E-state index is 0.0260. The first-order chi connectivity index (χ1) is 11.8. The van der Waals surface area contributed by atoms with Crippen molar-refractivity contribution in [3.05, 3.63) is 58.6 Å². The summed E-state index contributed by atoms with van der Waals surface area (Å²) in [5, 5.41) is 5.10. The molecule has 6 nitrogen and oxygen atoms in total. The molecule has 0 aliphatic carbocycles. The molecule has 0 radical (unpaired) electrons. The Balaban J connectivity index is 2.06. The molecule has 0 aromatic heterocycles. The Hall–Kier alpha value is -2.19. The molecule has 132 valence electrons. The maximum atomic E-state index is 12.3. The molecule has 0 atom stereocenters. The topological polar surface area (TPSA) is 92.3 Å². The third-order valence-corrected chi connectivity index (χ3v) is 5.88. The van der Waals surface area contributed by atoms with Gasteiger partial charge in [0.2, 0.25) is 5.91 Å². The Morgan fingerprint density at radius 2 is 1.68 bits per heavy atom. The zero-order valence-electron chi connectivity index (χ0n) is 13.5. The van der Waals surface area contributed by atoms with Crippen LogP contribution < -0.4 is 10.6 Å². The minimum Gasteiger partial charge on any atom is -0.343 e. The van der Waals surface area contributed by atoms with Gasteiger partial charge in [0.25, 0.3) is 5.91 Å². The van der Waals surface area contributed by atoms with E-state index in [0.717, 1.165) is 0 Å². The third-order valence-electron chi connectivity index (χ3n) is 3.40. The van der Waals surface area contributed by atoms with E-state index >= 15 is 0 Å². The maximum absolute atomic E-state index is 12.3. The average Bonchev–Trinajstić information content (AvgIpc) is 2.61. The van der Waals surface area contributed by atoms with Crippen molar-refractivity contribution in [3.63, 3.8) is 0 Å². The number of halogens is 1. The van der Waals surface area contributed by atoms with Crippen LogP contribution in [-0.2, 0) is 14.6 Å². The summed E-state index contributed by atoms with van der Waals surface area (Å²) in [6.45, 7) is 1.23. The van der Waals surface area contributed by atoms with Crippen LogP contribution in [0.3, 0.4) is 0 Å². The van der Waals surface area contributed by atoms with Crippen molar-refractivity contribution >= 4 is 43.3 Å². The molecule has 0 unspecified atom stereocenters. The lowest BCUT2D eigenvalue weighted by molar-refractivity contribution is -0.115. The molecule has 2 amide bonds. The van der Waals surface area contributed by atoms with E-state index in [9.17, 15) is 18.0 Å². The molecule has 8 heteroatoms. The quantitative estimate of drug-likeness (QED) is 0.745. The summed E-state index contributed by atoms with van der Waals surface area (Å²) in [7, 11) is -3.53. The zero-order chi connectivity index (χ0) is 18.4. The van der Waals surface area contributed by atoms with Crippen LogP contribution in [-0.4, -0.2) is 32.5 Å². The summed E-state index contributed by atoms with van der Waals surface area (Å²) in [6, 6.07) is 13.0. The number of sulfone groups is 1. The van der Waals surface area contributed by atoms with E-state index in [1.54, 1.807) is 30.3 Å². The number of carbonyl (C=O) groups excluding carboxylic acids is 2. The lowest BCUT2D eigenvalue weighted by Gasteiger charge is -2.11. The predicted octanol–water partition coefficient (Wildman–Crippen LogP) is 2.61. The Kier molecular flexibility index (Phi) is 6.33. The number of hydrogen-bond donors (Lipinski definition) is 2. The van der Waals surface area contributed by atoms with Crippen molar-refractivity contribution in [2.24, 2.45) is 0 Å². The van der Waals surface area contributed by atoms with Crippen LogP contribution in [0.1, 0.15) is 17.3 Å². The summed E-state index contributed by atoms with van der Waals surface area (Å²) in [4.78, 5) is 24.2. The van der Waals surface area contributed by atoms with Crippen molar-refractivity contribution in [1.29, 1.82) is 0 Å². The fraction of sp³-hybridized carbons (Fsp3) is 0.176. The number of benzene rings is 2. The molecule has 2 aromatic rings. The summed E-state index contributed by atoms with van der Waals surface area (Å²) in [6.07, 6.45) is 0. The zero-order valence-corrected chi connectivity index (χ0v) is 15.9.